The van der Waals surface area contributed by atoms with Gasteiger partial charge in [0.05, 0.1) is 88.5 Å². The van der Waals surface area contributed by atoms with E-state index in [-0.39, 0.29) is 116 Å². The minimum absolute atomic E-state index is 0.00822. The Bertz CT molecular complexity index is 3420. The Morgan fingerprint density at radius 3 is 2.57 bits per heavy atom. The number of carbonyl (C=O) groups excluding carboxylic acids is 3. The lowest BCUT2D eigenvalue weighted by Gasteiger charge is -2.42. The number of nitrogens with two attached hydrogens (primary N) is 1. The van der Waals surface area contributed by atoms with Gasteiger partial charge >= 0.3 is 24.2 Å². The van der Waals surface area contributed by atoms with Gasteiger partial charge in [0.1, 0.15) is 31.0 Å². The lowest BCUT2D eigenvalue weighted by atomic mass is 9.86. The van der Waals surface area contributed by atoms with Crippen LogP contribution in [0.2, 0.25) is 0 Å². The number of hydrogen-bond donors (Lipinski definition) is 3. The van der Waals surface area contributed by atoms with Crippen LogP contribution in [0.1, 0.15) is 90.3 Å². The third-order valence-electron chi connectivity index (χ3n) is 15.3. The maximum Gasteiger partial charge on any atom is 0.417 e. The highest BCUT2D eigenvalue weighted by Gasteiger charge is 2.46. The summed E-state index contributed by atoms with van der Waals surface area (Å²) >= 11 is 0. The maximum atomic E-state index is 15.7. The van der Waals surface area contributed by atoms with Crippen LogP contribution in [0.3, 0.4) is 0 Å². The number of nitrogens with one attached hydrogen (secondary N) is 1. The normalized spacial score (nSPS) is 21.4. The van der Waals surface area contributed by atoms with Crippen molar-refractivity contribution in [2.24, 2.45) is 0 Å². The number of halogens is 5. The number of nitrogen functional groups attached to an aromatic ring is 1. The van der Waals surface area contributed by atoms with Gasteiger partial charge < -0.3 is 49.1 Å². The van der Waals surface area contributed by atoms with Crippen molar-refractivity contribution in [3.63, 3.8) is 0 Å². The van der Waals surface area contributed by atoms with Gasteiger partial charge in [0.25, 0.3) is 11.5 Å². The topological polar surface area (TPSA) is 241 Å². The predicted molar refractivity (Wildman–Crippen MR) is 266 cm³/mol. The third-order valence-corrected chi connectivity index (χ3v) is 15.3. The summed E-state index contributed by atoms with van der Waals surface area (Å²) in [5, 5.41) is 24.0. The molecule has 0 aliphatic carbocycles. The van der Waals surface area contributed by atoms with Crippen molar-refractivity contribution in [1.82, 2.24) is 29.3 Å². The zero-order valence-corrected chi connectivity index (χ0v) is 42.4. The van der Waals surface area contributed by atoms with E-state index in [1.807, 2.05) is 7.05 Å². The second kappa shape index (κ2) is 20.0. The van der Waals surface area contributed by atoms with E-state index in [1.54, 1.807) is 17.9 Å². The minimum atomic E-state index is -4.93. The first kappa shape index (κ1) is 52.7. The number of pyridine rings is 2. The van der Waals surface area contributed by atoms with E-state index in [0.717, 1.165) is 31.5 Å². The number of anilines is 3. The quantitative estimate of drug-likeness (QED) is 0.0545. The molecule has 10 rings (SSSR count). The van der Waals surface area contributed by atoms with Crippen LogP contribution >= 0.6 is 0 Å². The van der Waals surface area contributed by atoms with Crippen molar-refractivity contribution in [3.8, 4) is 23.5 Å². The molecule has 0 radical (unpaired) electrons. The summed E-state index contributed by atoms with van der Waals surface area (Å²) in [7, 11) is 1.96. The number of ether oxygens (including phenoxy) is 4. The first-order valence-corrected chi connectivity index (χ1v) is 25.0. The van der Waals surface area contributed by atoms with Gasteiger partial charge in [-0.15, -0.1) is 0 Å². The SMILES string of the molecule is C=C(C(=O)N1CCN(c2nc(OC[C@@H]3CCCN3C)nc3c2CO[C@H](c2c(F)c(N)cc(C)c2C(F)(F)F)C3)C[C@@H]1CC#N)[C@H](C)OC(=O)Nc1cc2cc3c(nc2cc1F)-c1cc2c(c(=O)n1C3)COC(=O)[C@]2(O)CC. The Hall–Kier alpha value is -7.75. The van der Waals surface area contributed by atoms with Gasteiger partial charge in [0, 0.05) is 65.8 Å². The number of carbonyl (C=O) groups is 3. The number of likely N-dealkylation sites (N-methyl/N-ethyl adjacent to an activating group) is 1. The van der Waals surface area contributed by atoms with Gasteiger partial charge in [-0.25, -0.2) is 23.4 Å². The molecular weight excluding hydrogens is 1020 g/mol. The average Bonchev–Trinajstić information content (AvgIpc) is 4.12. The monoisotopic (exact) mass is 1070 g/mol. The maximum absolute atomic E-state index is 15.7. The Morgan fingerprint density at radius 2 is 1.86 bits per heavy atom. The van der Waals surface area contributed by atoms with E-state index in [0.29, 0.717) is 33.7 Å². The Morgan fingerprint density at radius 1 is 1.08 bits per heavy atom. The molecular formula is C53H53F5N10O9. The summed E-state index contributed by atoms with van der Waals surface area (Å²) in [6.07, 6.45) is -7.43. The molecule has 0 bridgehead atoms. The molecule has 404 valence electrons. The first-order chi connectivity index (χ1) is 36.6. The molecule has 24 heteroatoms. The van der Waals surface area contributed by atoms with Crippen molar-refractivity contribution in [1.29, 1.82) is 5.26 Å². The molecule has 2 saturated heterocycles. The molecule has 77 heavy (non-hydrogen) atoms. The number of benzene rings is 2. The van der Waals surface area contributed by atoms with E-state index < -0.39 is 82.0 Å². The Kier molecular flexibility index (Phi) is 13.7. The molecule has 2 fully saturated rings. The molecule has 0 spiro atoms. The number of fused-ring (bicyclic) bond motifs is 6. The molecule has 5 aromatic rings. The zero-order valence-electron chi connectivity index (χ0n) is 42.4. The van der Waals surface area contributed by atoms with Crippen LogP contribution in [-0.4, -0.2) is 110 Å². The number of aryl methyl sites for hydroxylation is 1. The number of aliphatic hydroxyl groups is 1. The summed E-state index contributed by atoms with van der Waals surface area (Å²) in [5.74, 6) is -3.34. The van der Waals surface area contributed by atoms with Crippen LogP contribution < -0.4 is 26.2 Å². The van der Waals surface area contributed by atoms with Crippen LogP contribution in [0.5, 0.6) is 6.01 Å². The van der Waals surface area contributed by atoms with Gasteiger partial charge in [-0.1, -0.05) is 13.5 Å². The molecule has 19 nitrogen and oxygen atoms in total. The first-order valence-electron chi connectivity index (χ1n) is 25.0. The molecule has 0 saturated carbocycles. The van der Waals surface area contributed by atoms with Crippen molar-refractivity contribution in [2.75, 3.05) is 55.8 Å². The summed E-state index contributed by atoms with van der Waals surface area (Å²) in [4.78, 5) is 73.1. The number of likely N-dealkylation sites (tertiary alicyclic amines) is 1. The van der Waals surface area contributed by atoms with Gasteiger partial charge in [-0.2, -0.15) is 28.4 Å². The van der Waals surface area contributed by atoms with Gasteiger partial charge in [-0.3, -0.25) is 14.9 Å². The zero-order chi connectivity index (χ0) is 55.0. The number of cyclic esters (lactones) is 1. The standard InChI is InChI=1S/C53H53F5N10O9/c1-6-52(73)34-17-40-45-29(20-68(40)48(70)32(34)23-75-49(52)71)15-28-16-39(35(54)18-37(28)61-45)63-51(72)77-27(4)26(3)47(69)67-13-12-66(21-30(67)9-10-59)46-33-24-74-41(42-43(53(56,57)58)25(2)14-36(60)44(42)55)19-38(33)62-50(64-46)76-22-31-8-7-11-65(31)5/h14-18,27,30-31,41,73H,3,6-9,11-13,19-24,60H2,1-2,4-5H3,(H,63,72)/t27-,30-,31-,41-,52-/m0/s1. The third kappa shape index (κ3) is 9.43. The number of amides is 2. The summed E-state index contributed by atoms with van der Waals surface area (Å²) < 4.78 is 99.1. The molecule has 8 heterocycles. The van der Waals surface area contributed by atoms with Crippen LogP contribution in [0.4, 0.5) is 43.9 Å². The van der Waals surface area contributed by atoms with Gasteiger partial charge in [0.2, 0.25) is 0 Å². The Labute approximate surface area is 437 Å². The largest absolute Gasteiger partial charge is 0.462 e. The van der Waals surface area contributed by atoms with Crippen molar-refractivity contribution in [3.05, 3.63) is 109 Å². The van der Waals surface area contributed by atoms with E-state index >= 15 is 8.78 Å². The van der Waals surface area contributed by atoms with Crippen LogP contribution in [0.15, 0.2) is 47.3 Å². The fourth-order valence-corrected chi connectivity index (χ4v) is 11.1. The summed E-state index contributed by atoms with van der Waals surface area (Å²) in [6.45, 7) is 8.79. The van der Waals surface area contributed by atoms with E-state index in [1.165, 1.54) is 35.4 Å². The highest BCUT2D eigenvalue weighted by molar-refractivity contribution is 5.96. The number of nitriles is 1. The van der Waals surface area contributed by atoms with E-state index in [4.69, 9.17) is 29.7 Å². The van der Waals surface area contributed by atoms with Crippen LogP contribution in [0.25, 0.3) is 22.3 Å². The van der Waals surface area contributed by atoms with Crippen molar-refractivity contribution >= 4 is 46.1 Å². The summed E-state index contributed by atoms with van der Waals surface area (Å²) in [5.41, 5.74) is 2.63. The van der Waals surface area contributed by atoms with Crippen LogP contribution in [0, 0.1) is 29.9 Å². The van der Waals surface area contributed by atoms with Crippen LogP contribution in [-0.2, 0) is 61.8 Å². The molecule has 5 aliphatic heterocycles. The fourth-order valence-electron chi connectivity index (χ4n) is 11.1. The second-order valence-corrected chi connectivity index (χ2v) is 20.0. The highest BCUT2D eigenvalue weighted by atomic mass is 19.4. The number of aromatic nitrogens is 4. The summed E-state index contributed by atoms with van der Waals surface area (Å²) in [6, 6.07) is 7.89. The van der Waals surface area contributed by atoms with Crippen molar-refractivity contribution in [2.45, 2.75) is 109 Å². The Balaban J connectivity index is 0.840. The van der Waals surface area contributed by atoms with Gasteiger partial charge in [0.15, 0.2) is 11.4 Å². The average molecular weight is 1070 g/mol. The number of nitrogens with zero attached hydrogens (tertiary/aromatic N) is 8. The number of alkyl halides is 3. The second-order valence-electron chi connectivity index (χ2n) is 20.0. The highest BCUT2D eigenvalue weighted by Crippen LogP contribution is 2.45. The minimum Gasteiger partial charge on any atom is -0.462 e. The number of rotatable bonds is 11. The fraction of sp³-hybridized carbons (Fsp3) is 0.434. The lowest BCUT2D eigenvalue weighted by Crippen LogP contribution is -2.56. The van der Waals surface area contributed by atoms with Crippen molar-refractivity contribution < 1.29 is 60.4 Å². The number of esters is 1. The number of piperazine rings is 1. The molecule has 0 unspecified atom stereocenters. The lowest BCUT2D eigenvalue weighted by molar-refractivity contribution is -0.172. The van der Waals surface area contributed by atoms with E-state index in [2.05, 4.69) is 32.8 Å². The van der Waals surface area contributed by atoms with Gasteiger partial charge in [-0.05, 0) is 76.5 Å². The molecule has 3 aromatic heterocycles. The molecule has 2 amide bonds. The number of hydrogen-bond acceptors (Lipinski definition) is 16. The predicted octanol–water partition coefficient (Wildman–Crippen LogP) is 6.47. The smallest absolute Gasteiger partial charge is 0.417 e. The molecule has 4 N–H and O–H groups in total. The molecule has 2 aromatic carbocycles. The molecule has 5 atom stereocenters. The molecule has 5 aliphatic rings. The van der Waals surface area contributed by atoms with E-state index in [9.17, 15) is 42.7 Å².